The number of esters is 1. The van der Waals surface area contributed by atoms with Crippen molar-refractivity contribution in [3.8, 4) is 0 Å². The molecule has 1 aliphatic heterocycles. The molecule has 4 nitrogen and oxygen atoms in total. The Morgan fingerprint density at radius 3 is 2.62 bits per heavy atom. The summed E-state index contributed by atoms with van der Waals surface area (Å²) in [6.07, 6.45) is -0.430. The van der Waals surface area contributed by atoms with Crippen LogP contribution in [-0.4, -0.2) is 18.1 Å². The first-order chi connectivity index (χ1) is 7.56. The fraction of sp³-hybridized carbons (Fsp3) is 0.200. The Balaban J connectivity index is 2.15. The molecule has 1 fully saturated rings. The average molecular weight is 260 g/mol. The largest absolute Gasteiger partial charge is 0.415 e. The molecule has 1 N–H and O–H groups in total. The van der Waals surface area contributed by atoms with Gasteiger partial charge in [0.25, 0.3) is 0 Å². The van der Waals surface area contributed by atoms with E-state index in [1.807, 2.05) is 0 Å². The molecule has 1 heterocycles. The molecule has 2 rings (SSSR count). The highest BCUT2D eigenvalue weighted by Gasteiger charge is 2.32. The summed E-state index contributed by atoms with van der Waals surface area (Å²) >= 11 is 11.7. The molecule has 0 spiro atoms. The number of benzene rings is 1. The van der Waals surface area contributed by atoms with Crippen LogP contribution in [0.3, 0.4) is 0 Å². The second kappa shape index (κ2) is 4.31. The standard InChI is InChI=1S/C10H7Cl2NO3/c11-6-2-1-5(7(12)4-6)3-8-9(14)16-10(15)13-8/h1-2,4,8H,3H2,(H,13,15). The lowest BCUT2D eigenvalue weighted by atomic mass is 10.1. The average Bonchev–Trinajstić information content (AvgIpc) is 2.50. The maximum atomic E-state index is 11.2. The number of carbonyl (C=O) groups is 2. The monoisotopic (exact) mass is 259 g/mol. The van der Waals surface area contributed by atoms with Crippen LogP contribution in [0.4, 0.5) is 4.79 Å². The Labute approximate surface area is 101 Å². The van der Waals surface area contributed by atoms with Gasteiger partial charge in [0.15, 0.2) is 0 Å². The fourth-order valence-electron chi connectivity index (χ4n) is 1.43. The van der Waals surface area contributed by atoms with Crippen LogP contribution in [0.15, 0.2) is 18.2 Å². The van der Waals surface area contributed by atoms with Gasteiger partial charge in [-0.15, -0.1) is 0 Å². The first kappa shape index (κ1) is 11.2. The van der Waals surface area contributed by atoms with E-state index in [4.69, 9.17) is 23.2 Å². The Bertz CT molecular complexity index is 461. The lowest BCUT2D eigenvalue weighted by Gasteiger charge is -2.07. The molecular formula is C10H7Cl2NO3. The molecule has 1 amide bonds. The minimum atomic E-state index is -0.722. The van der Waals surface area contributed by atoms with Crippen molar-refractivity contribution >= 4 is 35.3 Å². The van der Waals surface area contributed by atoms with Crippen molar-refractivity contribution in [2.45, 2.75) is 12.5 Å². The molecule has 0 bridgehead atoms. The summed E-state index contributed by atoms with van der Waals surface area (Å²) in [5.41, 5.74) is 0.732. The maximum absolute atomic E-state index is 11.2. The van der Waals surface area contributed by atoms with Crippen molar-refractivity contribution in [2.24, 2.45) is 0 Å². The quantitative estimate of drug-likeness (QED) is 0.654. The molecule has 84 valence electrons. The summed E-state index contributed by atoms with van der Waals surface area (Å²) < 4.78 is 4.35. The van der Waals surface area contributed by atoms with Gasteiger partial charge >= 0.3 is 12.1 Å². The Hall–Kier alpha value is -1.26. The number of alkyl carbamates (subject to hydrolysis) is 1. The lowest BCUT2D eigenvalue weighted by Crippen LogP contribution is -2.30. The summed E-state index contributed by atoms with van der Waals surface area (Å²) in [7, 11) is 0. The van der Waals surface area contributed by atoms with Gasteiger partial charge in [0.1, 0.15) is 6.04 Å². The molecule has 1 atom stereocenters. The van der Waals surface area contributed by atoms with Crippen LogP contribution in [0, 0.1) is 0 Å². The van der Waals surface area contributed by atoms with Crippen LogP contribution in [0.5, 0.6) is 0 Å². The zero-order chi connectivity index (χ0) is 11.7. The molecule has 1 unspecified atom stereocenters. The first-order valence-corrected chi connectivity index (χ1v) is 5.28. The van der Waals surface area contributed by atoms with Gasteiger partial charge in [0.05, 0.1) is 0 Å². The molecule has 1 saturated heterocycles. The lowest BCUT2D eigenvalue weighted by molar-refractivity contribution is -0.135. The minimum absolute atomic E-state index is 0.292. The molecule has 1 aromatic rings. The Kier molecular flexibility index (Phi) is 3.03. The predicted octanol–water partition coefficient (Wildman–Crippen LogP) is 2.17. The normalized spacial score (nSPS) is 19.5. The van der Waals surface area contributed by atoms with E-state index in [9.17, 15) is 9.59 Å². The minimum Gasteiger partial charge on any atom is -0.375 e. The summed E-state index contributed by atoms with van der Waals surface area (Å²) in [6, 6.07) is 4.29. The number of amides is 1. The number of rotatable bonds is 2. The van der Waals surface area contributed by atoms with Crippen LogP contribution < -0.4 is 5.32 Å². The van der Waals surface area contributed by atoms with Crippen molar-refractivity contribution in [3.63, 3.8) is 0 Å². The number of hydrogen-bond donors (Lipinski definition) is 1. The first-order valence-electron chi connectivity index (χ1n) is 4.52. The fourth-order valence-corrected chi connectivity index (χ4v) is 1.92. The zero-order valence-corrected chi connectivity index (χ0v) is 9.51. The van der Waals surface area contributed by atoms with Crippen LogP contribution >= 0.6 is 23.2 Å². The highest BCUT2D eigenvalue weighted by atomic mass is 35.5. The van der Waals surface area contributed by atoms with Crippen molar-refractivity contribution in [1.29, 1.82) is 0 Å². The molecule has 0 radical (unpaired) electrons. The Morgan fingerprint density at radius 1 is 1.31 bits per heavy atom. The van der Waals surface area contributed by atoms with E-state index in [2.05, 4.69) is 10.1 Å². The van der Waals surface area contributed by atoms with Crippen LogP contribution in [0.1, 0.15) is 5.56 Å². The highest BCUT2D eigenvalue weighted by molar-refractivity contribution is 6.35. The van der Waals surface area contributed by atoms with E-state index in [0.29, 0.717) is 16.5 Å². The third kappa shape index (κ3) is 2.28. The predicted molar refractivity (Wildman–Crippen MR) is 58.6 cm³/mol. The van der Waals surface area contributed by atoms with Crippen molar-refractivity contribution in [3.05, 3.63) is 33.8 Å². The van der Waals surface area contributed by atoms with Crippen LogP contribution in [-0.2, 0) is 16.0 Å². The van der Waals surface area contributed by atoms with Crippen molar-refractivity contribution in [1.82, 2.24) is 5.32 Å². The molecule has 1 aromatic carbocycles. The number of cyclic esters (lactones) is 2. The van der Waals surface area contributed by atoms with Crippen molar-refractivity contribution < 1.29 is 14.3 Å². The van der Waals surface area contributed by atoms with Gasteiger partial charge in [0, 0.05) is 16.5 Å². The zero-order valence-electron chi connectivity index (χ0n) is 8.00. The highest BCUT2D eigenvalue weighted by Crippen LogP contribution is 2.22. The molecule has 0 aromatic heterocycles. The maximum Gasteiger partial charge on any atom is 0.415 e. The molecule has 1 aliphatic rings. The summed E-state index contributed by atoms with van der Waals surface area (Å²) in [4.78, 5) is 22.0. The molecular weight excluding hydrogens is 253 g/mol. The van der Waals surface area contributed by atoms with E-state index in [1.165, 1.54) is 0 Å². The summed E-state index contributed by atoms with van der Waals surface area (Å²) in [5, 5.41) is 3.37. The van der Waals surface area contributed by atoms with Gasteiger partial charge in [0.2, 0.25) is 0 Å². The smallest absolute Gasteiger partial charge is 0.375 e. The Morgan fingerprint density at radius 2 is 2.06 bits per heavy atom. The van der Waals surface area contributed by atoms with E-state index in [1.54, 1.807) is 18.2 Å². The number of ether oxygens (including phenoxy) is 1. The van der Waals surface area contributed by atoms with Crippen LogP contribution in [0.2, 0.25) is 10.0 Å². The van der Waals surface area contributed by atoms with Gasteiger partial charge in [-0.3, -0.25) is 0 Å². The molecule has 0 saturated carbocycles. The summed E-state index contributed by atoms with van der Waals surface area (Å²) in [5.74, 6) is -0.587. The van der Waals surface area contributed by atoms with Gasteiger partial charge in [-0.25, -0.2) is 9.59 Å². The molecule has 16 heavy (non-hydrogen) atoms. The topological polar surface area (TPSA) is 55.4 Å². The second-order valence-electron chi connectivity index (χ2n) is 3.35. The van der Waals surface area contributed by atoms with E-state index in [0.717, 1.165) is 5.56 Å². The van der Waals surface area contributed by atoms with Gasteiger partial charge in [-0.2, -0.15) is 0 Å². The second-order valence-corrected chi connectivity index (χ2v) is 4.19. The van der Waals surface area contributed by atoms with Gasteiger partial charge in [-0.1, -0.05) is 29.3 Å². The van der Waals surface area contributed by atoms with Crippen LogP contribution in [0.25, 0.3) is 0 Å². The van der Waals surface area contributed by atoms with E-state index < -0.39 is 18.1 Å². The third-order valence-electron chi connectivity index (χ3n) is 2.21. The van der Waals surface area contributed by atoms with Gasteiger partial charge < -0.3 is 10.1 Å². The SMILES string of the molecule is O=C1NC(Cc2ccc(Cl)cc2Cl)C(=O)O1. The third-order valence-corrected chi connectivity index (χ3v) is 2.80. The van der Waals surface area contributed by atoms with E-state index >= 15 is 0 Å². The number of halogens is 2. The molecule has 6 heteroatoms. The number of nitrogens with one attached hydrogen (secondary N) is 1. The number of hydrogen-bond acceptors (Lipinski definition) is 3. The van der Waals surface area contributed by atoms with Gasteiger partial charge in [-0.05, 0) is 17.7 Å². The summed E-state index contributed by atoms with van der Waals surface area (Å²) in [6.45, 7) is 0. The van der Waals surface area contributed by atoms with Crippen molar-refractivity contribution in [2.75, 3.05) is 0 Å². The number of carbonyl (C=O) groups excluding carboxylic acids is 2. The van der Waals surface area contributed by atoms with E-state index in [-0.39, 0.29) is 0 Å². The molecule has 0 aliphatic carbocycles.